The predicted molar refractivity (Wildman–Crippen MR) is 63.6 cm³/mol. The molecular formula is C12H16N2O3. The van der Waals surface area contributed by atoms with E-state index in [2.05, 4.69) is 0 Å². The predicted octanol–water partition coefficient (Wildman–Crippen LogP) is 0.389. The summed E-state index contributed by atoms with van der Waals surface area (Å²) in [5.41, 5.74) is 11.6. The largest absolute Gasteiger partial charge is 0.480 e. The maximum atomic E-state index is 11.8. The van der Waals surface area contributed by atoms with Crippen molar-refractivity contribution in [2.45, 2.75) is 24.9 Å². The van der Waals surface area contributed by atoms with Crippen molar-refractivity contribution >= 4 is 11.8 Å². The van der Waals surface area contributed by atoms with E-state index in [0.29, 0.717) is 5.56 Å². The highest BCUT2D eigenvalue weighted by molar-refractivity contribution is 5.99. The second kappa shape index (κ2) is 6.12. The summed E-state index contributed by atoms with van der Waals surface area (Å²) >= 11 is 0. The lowest BCUT2D eigenvalue weighted by Gasteiger charge is -2.12. The number of nitrogens with two attached hydrogens (primary N) is 2. The average molecular weight is 236 g/mol. The molecule has 0 saturated heterocycles. The Bertz CT molecular complexity index is 392. The number of aliphatic carboxylic acids is 1. The number of ketones is 1. The van der Waals surface area contributed by atoms with Gasteiger partial charge in [0.2, 0.25) is 0 Å². The number of carbonyl (C=O) groups excluding carboxylic acids is 1. The van der Waals surface area contributed by atoms with Crippen LogP contribution in [0.25, 0.3) is 0 Å². The molecule has 0 unspecified atom stereocenters. The third-order valence-electron chi connectivity index (χ3n) is 2.50. The van der Waals surface area contributed by atoms with Gasteiger partial charge in [-0.3, -0.25) is 9.59 Å². The first-order valence-corrected chi connectivity index (χ1v) is 5.35. The van der Waals surface area contributed by atoms with Crippen LogP contribution in [0.1, 0.15) is 23.2 Å². The van der Waals surface area contributed by atoms with Crippen LogP contribution < -0.4 is 11.5 Å². The molecule has 0 fully saturated rings. The van der Waals surface area contributed by atoms with Crippen LogP contribution in [0.5, 0.6) is 0 Å². The number of carboxylic acids is 1. The fourth-order valence-corrected chi connectivity index (χ4v) is 1.43. The van der Waals surface area contributed by atoms with Crippen LogP contribution in [0.2, 0.25) is 0 Å². The van der Waals surface area contributed by atoms with Gasteiger partial charge in [-0.15, -0.1) is 0 Å². The molecule has 0 bridgehead atoms. The van der Waals surface area contributed by atoms with E-state index in [1.54, 1.807) is 24.3 Å². The summed E-state index contributed by atoms with van der Waals surface area (Å²) in [6, 6.07) is 7.00. The van der Waals surface area contributed by atoms with Gasteiger partial charge in [0.1, 0.15) is 6.04 Å². The molecule has 0 heterocycles. The Balaban J connectivity index is 2.51. The fourth-order valence-electron chi connectivity index (χ4n) is 1.43. The summed E-state index contributed by atoms with van der Waals surface area (Å²) < 4.78 is 0. The zero-order valence-electron chi connectivity index (χ0n) is 9.37. The van der Waals surface area contributed by atoms with E-state index in [4.69, 9.17) is 16.6 Å². The van der Waals surface area contributed by atoms with E-state index in [1.165, 1.54) is 0 Å². The van der Waals surface area contributed by atoms with E-state index in [1.807, 2.05) is 6.07 Å². The van der Waals surface area contributed by atoms with Gasteiger partial charge in [0, 0.05) is 5.56 Å². The normalized spacial score (nSPS) is 14.0. The fraction of sp³-hybridized carbons (Fsp3) is 0.333. The summed E-state index contributed by atoms with van der Waals surface area (Å²) in [6.45, 7) is 0. The molecule has 0 aliphatic rings. The Labute approximate surface area is 99.4 Å². The monoisotopic (exact) mass is 236 g/mol. The van der Waals surface area contributed by atoms with Gasteiger partial charge >= 0.3 is 5.97 Å². The Morgan fingerprint density at radius 3 is 2.12 bits per heavy atom. The Morgan fingerprint density at radius 1 is 1.06 bits per heavy atom. The maximum absolute atomic E-state index is 11.8. The van der Waals surface area contributed by atoms with Crippen molar-refractivity contribution in [3.8, 4) is 0 Å². The number of carbonyl (C=O) groups is 2. The van der Waals surface area contributed by atoms with E-state index in [-0.39, 0.29) is 18.6 Å². The Morgan fingerprint density at radius 2 is 1.59 bits per heavy atom. The van der Waals surface area contributed by atoms with E-state index in [0.717, 1.165) is 0 Å². The van der Waals surface area contributed by atoms with Gasteiger partial charge in [0.25, 0.3) is 0 Å². The van der Waals surface area contributed by atoms with Gasteiger partial charge in [-0.25, -0.2) is 0 Å². The highest BCUT2D eigenvalue weighted by atomic mass is 16.4. The minimum Gasteiger partial charge on any atom is -0.480 e. The highest BCUT2D eigenvalue weighted by Crippen LogP contribution is 2.07. The zero-order valence-corrected chi connectivity index (χ0v) is 9.37. The second-order valence-electron chi connectivity index (χ2n) is 3.86. The van der Waals surface area contributed by atoms with Crippen LogP contribution in [-0.4, -0.2) is 28.9 Å². The molecule has 0 spiro atoms. The van der Waals surface area contributed by atoms with Crippen LogP contribution in [0.4, 0.5) is 0 Å². The summed E-state index contributed by atoms with van der Waals surface area (Å²) in [6.07, 6.45) is 0.455. The average Bonchev–Trinajstić information content (AvgIpc) is 2.35. The summed E-state index contributed by atoms with van der Waals surface area (Å²) in [5, 5.41) is 8.60. The summed E-state index contributed by atoms with van der Waals surface area (Å²) in [4.78, 5) is 22.3. The lowest BCUT2D eigenvalue weighted by atomic mass is 9.99. The topological polar surface area (TPSA) is 106 Å². The highest BCUT2D eigenvalue weighted by Gasteiger charge is 2.18. The first kappa shape index (κ1) is 13.3. The molecule has 1 aromatic rings. The van der Waals surface area contributed by atoms with Gasteiger partial charge in [-0.2, -0.15) is 0 Å². The number of Topliss-reactive ketones (excluding diaryl/α,β-unsaturated/α-hetero) is 1. The molecule has 1 aromatic carbocycles. The molecule has 0 saturated carbocycles. The third-order valence-corrected chi connectivity index (χ3v) is 2.50. The molecule has 0 radical (unpaired) electrons. The Hall–Kier alpha value is -1.72. The van der Waals surface area contributed by atoms with Crippen molar-refractivity contribution in [3.63, 3.8) is 0 Å². The second-order valence-corrected chi connectivity index (χ2v) is 3.86. The van der Waals surface area contributed by atoms with Crippen LogP contribution >= 0.6 is 0 Å². The van der Waals surface area contributed by atoms with Crippen molar-refractivity contribution in [2.24, 2.45) is 11.5 Å². The molecule has 1 rings (SSSR count). The van der Waals surface area contributed by atoms with Crippen molar-refractivity contribution in [1.29, 1.82) is 0 Å². The zero-order chi connectivity index (χ0) is 12.8. The first-order chi connectivity index (χ1) is 8.02. The minimum absolute atomic E-state index is 0.190. The summed E-state index contributed by atoms with van der Waals surface area (Å²) in [5.74, 6) is -1.27. The minimum atomic E-state index is -1.08. The standard InChI is InChI=1S/C12H16N2O3/c13-9(6-7-10(14)12(16)17)11(15)8-4-2-1-3-5-8/h1-5,9-10H,6-7,13-14H2,(H,16,17)/t9-,10-/m0/s1. The molecule has 2 atom stereocenters. The number of carboxylic acid groups (broad SMARTS) is 1. The van der Waals surface area contributed by atoms with Crippen LogP contribution in [-0.2, 0) is 4.79 Å². The van der Waals surface area contributed by atoms with Crippen LogP contribution in [0.3, 0.4) is 0 Å². The molecule has 5 heteroatoms. The van der Waals surface area contributed by atoms with Crippen LogP contribution in [0, 0.1) is 0 Å². The van der Waals surface area contributed by atoms with Crippen molar-refractivity contribution in [1.82, 2.24) is 0 Å². The quantitative estimate of drug-likeness (QED) is 0.619. The number of rotatable bonds is 6. The lowest BCUT2D eigenvalue weighted by Crippen LogP contribution is -2.36. The van der Waals surface area contributed by atoms with E-state index >= 15 is 0 Å². The number of hydrogen-bond acceptors (Lipinski definition) is 4. The van der Waals surface area contributed by atoms with E-state index in [9.17, 15) is 9.59 Å². The molecule has 0 aliphatic carbocycles. The van der Waals surface area contributed by atoms with Gasteiger partial charge in [-0.1, -0.05) is 30.3 Å². The van der Waals surface area contributed by atoms with Crippen LogP contribution in [0.15, 0.2) is 30.3 Å². The lowest BCUT2D eigenvalue weighted by molar-refractivity contribution is -0.138. The van der Waals surface area contributed by atoms with Crippen molar-refractivity contribution in [3.05, 3.63) is 35.9 Å². The van der Waals surface area contributed by atoms with Crippen molar-refractivity contribution < 1.29 is 14.7 Å². The number of hydrogen-bond donors (Lipinski definition) is 3. The summed E-state index contributed by atoms with van der Waals surface area (Å²) in [7, 11) is 0. The van der Waals surface area contributed by atoms with Gasteiger partial charge in [-0.05, 0) is 12.8 Å². The molecule has 17 heavy (non-hydrogen) atoms. The third kappa shape index (κ3) is 3.97. The Kier molecular flexibility index (Phi) is 4.81. The molecule has 0 aromatic heterocycles. The number of benzene rings is 1. The molecule has 5 N–H and O–H groups in total. The van der Waals surface area contributed by atoms with Gasteiger partial charge in [0.15, 0.2) is 5.78 Å². The SMILES string of the molecule is N[C@@H](CC[C@H](N)C(=O)c1ccccc1)C(=O)O. The smallest absolute Gasteiger partial charge is 0.320 e. The van der Waals surface area contributed by atoms with Gasteiger partial charge in [0.05, 0.1) is 6.04 Å². The molecule has 92 valence electrons. The maximum Gasteiger partial charge on any atom is 0.320 e. The molecule has 5 nitrogen and oxygen atoms in total. The molecular weight excluding hydrogens is 220 g/mol. The van der Waals surface area contributed by atoms with Crippen molar-refractivity contribution in [2.75, 3.05) is 0 Å². The molecule has 0 aliphatic heterocycles. The first-order valence-electron chi connectivity index (χ1n) is 5.35. The molecule has 0 amide bonds. The van der Waals surface area contributed by atoms with E-state index < -0.39 is 18.1 Å². The van der Waals surface area contributed by atoms with Gasteiger partial charge < -0.3 is 16.6 Å².